The number of carboxylic acid groups (broad SMARTS) is 1. The number of Topliss-reactive ketones (excluding diaryl/α,β-unsaturated/α-hetero) is 2. The van der Waals surface area contributed by atoms with Crippen LogP contribution < -0.4 is 4.74 Å². The molecule has 1 heterocycles. The van der Waals surface area contributed by atoms with Gasteiger partial charge < -0.3 is 14.7 Å². The summed E-state index contributed by atoms with van der Waals surface area (Å²) in [6.07, 6.45) is 1.77. The summed E-state index contributed by atoms with van der Waals surface area (Å²) in [6.45, 7) is 8.23. The minimum atomic E-state index is -0.994. The molecule has 0 saturated carbocycles. The maximum absolute atomic E-state index is 14.0. The highest BCUT2D eigenvalue weighted by molar-refractivity contribution is 9.11. The third kappa shape index (κ3) is 5.67. The molecule has 6 rings (SSSR count). The number of rotatable bonds is 6. The lowest BCUT2D eigenvalue weighted by Gasteiger charge is -2.48. The van der Waals surface area contributed by atoms with Crippen LogP contribution in [0.1, 0.15) is 70.4 Å². The zero-order valence-corrected chi connectivity index (χ0v) is 28.5. The number of nitrogens with zero attached hydrogens (tertiary/aromatic N) is 1. The molecule has 1 N–H and O–H groups in total. The highest BCUT2D eigenvalue weighted by Gasteiger charge is 2.49. The second-order valence-electron chi connectivity index (χ2n) is 13.8. The molecule has 228 valence electrons. The lowest BCUT2D eigenvalue weighted by molar-refractivity contribution is -0.138. The molecule has 3 aliphatic rings. The van der Waals surface area contributed by atoms with Crippen LogP contribution in [0, 0.1) is 10.8 Å². The summed E-state index contributed by atoms with van der Waals surface area (Å²) in [5.41, 5.74) is 3.73. The number of fused-ring (bicyclic) bond motifs is 1. The van der Waals surface area contributed by atoms with Gasteiger partial charge in [0.1, 0.15) is 18.9 Å². The van der Waals surface area contributed by atoms with E-state index in [2.05, 4.69) is 56.1 Å². The Morgan fingerprint density at radius 1 is 0.864 bits per heavy atom. The molecule has 0 saturated heterocycles. The number of aliphatic carboxylic acids is 1. The van der Waals surface area contributed by atoms with Crippen molar-refractivity contribution in [2.24, 2.45) is 10.8 Å². The fraction of sp³-hybridized carbons (Fsp3) is 0.361. The summed E-state index contributed by atoms with van der Waals surface area (Å²) in [7, 11) is 0. The fourth-order valence-corrected chi connectivity index (χ4v) is 8.61. The molecule has 1 aliphatic heterocycles. The van der Waals surface area contributed by atoms with Crippen molar-refractivity contribution in [3.63, 3.8) is 0 Å². The number of ketones is 2. The number of allylic oxidation sites excluding steroid dienone is 4. The smallest absolute Gasteiger partial charge is 0.323 e. The van der Waals surface area contributed by atoms with E-state index >= 15 is 0 Å². The first-order valence-electron chi connectivity index (χ1n) is 14.8. The number of carboxylic acids is 1. The molecular weight excluding hydrogens is 686 g/mol. The number of carbonyl (C=O) groups excluding carboxylic acids is 2. The molecule has 0 fully saturated rings. The fourth-order valence-electron chi connectivity index (χ4n) is 7.16. The van der Waals surface area contributed by atoms with E-state index in [-0.39, 0.29) is 28.9 Å². The maximum atomic E-state index is 14.0. The Labute approximate surface area is 274 Å². The Morgan fingerprint density at radius 2 is 1.41 bits per heavy atom. The van der Waals surface area contributed by atoms with E-state index in [1.54, 1.807) is 4.90 Å². The van der Waals surface area contributed by atoms with Gasteiger partial charge in [0.05, 0.1) is 8.95 Å². The quantitative estimate of drug-likeness (QED) is 0.274. The molecule has 44 heavy (non-hydrogen) atoms. The Morgan fingerprint density at radius 3 is 1.98 bits per heavy atom. The third-order valence-electron chi connectivity index (χ3n) is 8.92. The van der Waals surface area contributed by atoms with Crippen LogP contribution >= 0.6 is 31.9 Å². The molecule has 3 aromatic rings. The normalized spacial score (nSPS) is 19.7. The van der Waals surface area contributed by atoms with E-state index in [1.807, 2.05) is 58.0 Å². The molecular formula is C36H35Br2NO5. The van der Waals surface area contributed by atoms with Crippen LogP contribution in [0.4, 0.5) is 0 Å². The number of carbonyl (C=O) groups is 3. The highest BCUT2D eigenvalue weighted by atomic mass is 79.9. The van der Waals surface area contributed by atoms with E-state index in [4.69, 9.17) is 4.74 Å². The van der Waals surface area contributed by atoms with Crippen molar-refractivity contribution in [3.8, 4) is 5.75 Å². The van der Waals surface area contributed by atoms with Crippen LogP contribution in [-0.4, -0.2) is 34.1 Å². The molecule has 0 amide bonds. The van der Waals surface area contributed by atoms with Gasteiger partial charge in [0.25, 0.3) is 0 Å². The van der Waals surface area contributed by atoms with Gasteiger partial charge in [-0.2, -0.15) is 0 Å². The first kappa shape index (κ1) is 30.8. The molecule has 0 aromatic heterocycles. The first-order valence-corrected chi connectivity index (χ1v) is 16.4. The Kier molecular flexibility index (Phi) is 7.90. The van der Waals surface area contributed by atoms with Gasteiger partial charge in [-0.25, -0.2) is 0 Å². The Hall–Kier alpha value is -3.23. The molecule has 6 nitrogen and oxygen atoms in total. The molecule has 0 unspecified atom stereocenters. The van der Waals surface area contributed by atoms with E-state index in [0.717, 1.165) is 33.3 Å². The van der Waals surface area contributed by atoms with Gasteiger partial charge in [0.2, 0.25) is 0 Å². The van der Waals surface area contributed by atoms with Gasteiger partial charge in [0.15, 0.2) is 11.6 Å². The van der Waals surface area contributed by atoms with Crippen LogP contribution in [0.3, 0.4) is 0 Å². The zero-order chi connectivity index (χ0) is 31.6. The molecule has 3 aromatic carbocycles. The average Bonchev–Trinajstić information content (AvgIpc) is 2.92. The van der Waals surface area contributed by atoms with Crippen LogP contribution in [0.25, 0.3) is 10.8 Å². The molecule has 8 heteroatoms. The van der Waals surface area contributed by atoms with Gasteiger partial charge in [-0.3, -0.25) is 14.4 Å². The average molecular weight is 721 g/mol. The number of halogens is 2. The number of hydrogen-bond acceptors (Lipinski definition) is 5. The molecule has 0 bridgehead atoms. The minimum absolute atomic E-state index is 0.0376. The van der Waals surface area contributed by atoms with E-state index in [9.17, 15) is 19.5 Å². The number of hydrogen-bond donors (Lipinski definition) is 1. The van der Waals surface area contributed by atoms with Crippen molar-refractivity contribution in [3.05, 3.63) is 97.2 Å². The van der Waals surface area contributed by atoms with E-state index in [0.29, 0.717) is 58.1 Å². The summed E-state index contributed by atoms with van der Waals surface area (Å²) in [5.74, 6) is -1.03. The summed E-state index contributed by atoms with van der Waals surface area (Å²) >= 11 is 7.46. The minimum Gasteiger partial charge on any atom is -0.487 e. The van der Waals surface area contributed by atoms with Crippen LogP contribution in [0.5, 0.6) is 5.75 Å². The van der Waals surface area contributed by atoms with Crippen molar-refractivity contribution >= 4 is 60.2 Å². The predicted molar refractivity (Wildman–Crippen MR) is 177 cm³/mol. The van der Waals surface area contributed by atoms with Gasteiger partial charge in [-0.15, -0.1) is 0 Å². The van der Waals surface area contributed by atoms with E-state index < -0.39 is 11.9 Å². The van der Waals surface area contributed by atoms with E-state index in [1.165, 1.54) is 0 Å². The summed E-state index contributed by atoms with van der Waals surface area (Å²) in [5, 5.41) is 12.2. The van der Waals surface area contributed by atoms with Gasteiger partial charge in [0, 0.05) is 41.3 Å². The summed E-state index contributed by atoms with van der Waals surface area (Å²) in [6, 6.07) is 18.2. The monoisotopic (exact) mass is 719 g/mol. The van der Waals surface area contributed by atoms with Crippen molar-refractivity contribution in [1.82, 2.24) is 4.90 Å². The van der Waals surface area contributed by atoms with Crippen molar-refractivity contribution in [2.45, 2.75) is 65.9 Å². The summed E-state index contributed by atoms with van der Waals surface area (Å²) < 4.78 is 7.75. The van der Waals surface area contributed by atoms with Crippen molar-refractivity contribution in [2.75, 3.05) is 6.54 Å². The standard InChI is InChI=1S/C36H35Br2NO5/c1-35(2)14-26-32(28(40)16-35)31(33-27(39(26)18-30(42)43)15-36(3,4)17-29(33)41)22-12-24(37)34(25(38)13-22)44-19-21-10-7-9-20-8-5-6-11-23(20)21/h5-13,31H,14-19H2,1-4H3,(H,42,43). The number of ether oxygens (including phenoxy) is 1. The molecule has 0 spiro atoms. The molecule has 0 atom stereocenters. The molecule has 0 radical (unpaired) electrons. The number of benzene rings is 3. The third-order valence-corrected chi connectivity index (χ3v) is 10.1. The van der Waals surface area contributed by atoms with Crippen molar-refractivity contribution < 1.29 is 24.2 Å². The lowest BCUT2D eigenvalue weighted by Crippen LogP contribution is -2.45. The van der Waals surface area contributed by atoms with Gasteiger partial charge >= 0.3 is 5.97 Å². The van der Waals surface area contributed by atoms with Gasteiger partial charge in [-0.1, -0.05) is 70.2 Å². The zero-order valence-electron chi connectivity index (χ0n) is 25.3. The SMILES string of the molecule is CC1(C)CC(=O)C2=C(C1)N(CC(=O)O)C1=C(C(=O)CC(C)(C)C1)C2c1cc(Br)c(OCc2cccc3ccccc23)c(Br)c1. The predicted octanol–water partition coefficient (Wildman–Crippen LogP) is 8.71. The largest absolute Gasteiger partial charge is 0.487 e. The second-order valence-corrected chi connectivity index (χ2v) is 15.5. The van der Waals surface area contributed by atoms with Crippen LogP contribution in [0.2, 0.25) is 0 Å². The Bertz CT molecular complexity index is 1720. The lowest BCUT2D eigenvalue weighted by atomic mass is 9.63. The Balaban J connectivity index is 1.46. The van der Waals surface area contributed by atoms with Crippen LogP contribution in [0.15, 0.2) is 86.1 Å². The topological polar surface area (TPSA) is 83.9 Å². The van der Waals surface area contributed by atoms with Crippen LogP contribution in [-0.2, 0) is 21.0 Å². The maximum Gasteiger partial charge on any atom is 0.323 e. The molecule has 2 aliphatic carbocycles. The summed E-state index contributed by atoms with van der Waals surface area (Å²) in [4.78, 5) is 41.8. The van der Waals surface area contributed by atoms with Crippen molar-refractivity contribution in [1.29, 1.82) is 0 Å². The second kappa shape index (κ2) is 11.3. The highest BCUT2D eigenvalue weighted by Crippen LogP contribution is 2.55. The van der Waals surface area contributed by atoms with Gasteiger partial charge in [-0.05, 0) is 89.6 Å². The first-order chi connectivity index (χ1) is 20.7.